The Kier molecular flexibility index (Phi) is 4.81. The van der Waals surface area contributed by atoms with Gasteiger partial charge in [-0.3, -0.25) is 10.1 Å². The molecule has 2 N–H and O–H groups in total. The third kappa shape index (κ3) is 3.32. The predicted octanol–water partition coefficient (Wildman–Crippen LogP) is 2.59. The lowest BCUT2D eigenvalue weighted by Crippen LogP contribution is -2.09. The highest BCUT2D eigenvalue weighted by Crippen LogP contribution is 2.23. The average molecular weight is 275 g/mol. The fourth-order valence-electron chi connectivity index (χ4n) is 1.68. The molecule has 0 radical (unpaired) electrons. The molecule has 1 aromatic carbocycles. The number of carbonyl (C=O) groups is 1. The molecule has 0 saturated heterocycles. The molecule has 1 aromatic rings. The summed E-state index contributed by atoms with van der Waals surface area (Å²) in [4.78, 5) is 21.1. The van der Waals surface area contributed by atoms with E-state index in [9.17, 15) is 14.9 Å². The summed E-state index contributed by atoms with van der Waals surface area (Å²) < 4.78 is 0. The number of nitrogens with zero attached hydrogens (tertiary/aromatic N) is 2. The topological polar surface area (TPSA) is 116 Å². The minimum atomic E-state index is -1.31. The third-order valence-electron chi connectivity index (χ3n) is 2.67. The van der Waals surface area contributed by atoms with E-state index in [1.165, 1.54) is 18.2 Å². The number of nitro benzene ring substituents is 1. The number of hydrogen-bond donors (Lipinski definition) is 2. The van der Waals surface area contributed by atoms with Gasteiger partial charge in [-0.15, -0.1) is 0 Å². The van der Waals surface area contributed by atoms with Crippen molar-refractivity contribution in [3.8, 4) is 6.07 Å². The van der Waals surface area contributed by atoms with Crippen LogP contribution in [0.25, 0.3) is 0 Å². The molecule has 1 rings (SSSR count). The second-order valence-electron chi connectivity index (χ2n) is 4.01. The van der Waals surface area contributed by atoms with Crippen LogP contribution in [-0.2, 0) is 4.79 Å². The van der Waals surface area contributed by atoms with Crippen LogP contribution in [0.1, 0.15) is 18.9 Å². The van der Waals surface area contributed by atoms with Crippen LogP contribution >= 0.6 is 0 Å². The van der Waals surface area contributed by atoms with E-state index in [1.807, 2.05) is 0 Å². The molecular formula is C13H13N3O4. The van der Waals surface area contributed by atoms with Crippen LogP contribution in [-0.4, -0.2) is 16.0 Å². The van der Waals surface area contributed by atoms with Crippen molar-refractivity contribution in [1.29, 1.82) is 5.26 Å². The van der Waals surface area contributed by atoms with E-state index in [0.717, 1.165) is 0 Å². The molecule has 0 amide bonds. The zero-order valence-corrected chi connectivity index (χ0v) is 11.0. The van der Waals surface area contributed by atoms with E-state index >= 15 is 0 Å². The summed E-state index contributed by atoms with van der Waals surface area (Å²) in [6.45, 7) is 3.29. The highest BCUT2D eigenvalue weighted by molar-refractivity contribution is 5.92. The highest BCUT2D eigenvalue weighted by Gasteiger charge is 2.15. The van der Waals surface area contributed by atoms with E-state index < -0.39 is 10.9 Å². The molecule has 0 spiro atoms. The monoisotopic (exact) mass is 275 g/mol. The lowest BCUT2D eigenvalue weighted by molar-refractivity contribution is -0.385. The first-order chi connectivity index (χ1) is 9.40. The van der Waals surface area contributed by atoms with Gasteiger partial charge in [-0.05, 0) is 25.5 Å². The number of rotatable bonds is 5. The first kappa shape index (κ1) is 15.2. The lowest BCUT2D eigenvalue weighted by Gasteiger charge is -2.10. The summed E-state index contributed by atoms with van der Waals surface area (Å²) in [5.41, 5.74) is 0.816. The van der Waals surface area contributed by atoms with Crippen molar-refractivity contribution in [2.24, 2.45) is 0 Å². The molecule has 7 nitrogen and oxygen atoms in total. The van der Waals surface area contributed by atoms with Crippen molar-refractivity contribution in [2.45, 2.75) is 20.3 Å². The first-order valence-electron chi connectivity index (χ1n) is 5.79. The van der Waals surface area contributed by atoms with Gasteiger partial charge < -0.3 is 10.4 Å². The molecule has 0 aliphatic carbocycles. The van der Waals surface area contributed by atoms with Gasteiger partial charge in [0.25, 0.3) is 5.69 Å². The number of anilines is 1. The lowest BCUT2D eigenvalue weighted by atomic mass is 10.1. The summed E-state index contributed by atoms with van der Waals surface area (Å²) in [7, 11) is 0. The SMILES string of the molecule is CCC(Nc1ccc([N+](=O)[O-])c(C)c1)=C(C#N)C(=O)O. The number of nitriles is 1. The van der Waals surface area contributed by atoms with E-state index in [0.29, 0.717) is 17.7 Å². The molecule has 0 unspecified atom stereocenters. The Balaban J connectivity index is 3.15. The Morgan fingerprint density at radius 1 is 1.55 bits per heavy atom. The number of aryl methyl sites for hydroxylation is 1. The van der Waals surface area contributed by atoms with Crippen LogP contribution in [0.5, 0.6) is 0 Å². The highest BCUT2D eigenvalue weighted by atomic mass is 16.6. The Labute approximate surface area is 115 Å². The molecule has 20 heavy (non-hydrogen) atoms. The van der Waals surface area contributed by atoms with Crippen LogP contribution in [0.4, 0.5) is 11.4 Å². The maximum Gasteiger partial charge on any atom is 0.348 e. The number of aliphatic carboxylic acids is 1. The van der Waals surface area contributed by atoms with Gasteiger partial charge >= 0.3 is 5.97 Å². The number of allylic oxidation sites excluding steroid dienone is 1. The van der Waals surface area contributed by atoms with Gasteiger partial charge in [0.2, 0.25) is 0 Å². The molecule has 0 aliphatic rings. The zero-order chi connectivity index (χ0) is 15.3. The number of carboxylic acids is 1. The molecule has 104 valence electrons. The quantitative estimate of drug-likeness (QED) is 0.369. The van der Waals surface area contributed by atoms with E-state index in [4.69, 9.17) is 10.4 Å². The van der Waals surface area contributed by atoms with Crippen molar-refractivity contribution < 1.29 is 14.8 Å². The molecule has 0 heterocycles. The summed E-state index contributed by atoms with van der Waals surface area (Å²) in [6, 6.07) is 5.96. The Morgan fingerprint density at radius 2 is 2.20 bits per heavy atom. The zero-order valence-electron chi connectivity index (χ0n) is 11.0. The second kappa shape index (κ2) is 6.33. The van der Waals surface area contributed by atoms with Gasteiger partial charge in [0.1, 0.15) is 6.07 Å². The molecule has 0 aromatic heterocycles. The van der Waals surface area contributed by atoms with Crippen LogP contribution < -0.4 is 5.32 Å². The minimum absolute atomic E-state index is 0.0173. The van der Waals surface area contributed by atoms with Crippen molar-refractivity contribution >= 4 is 17.3 Å². The minimum Gasteiger partial charge on any atom is -0.477 e. The van der Waals surface area contributed by atoms with Gasteiger partial charge in [-0.1, -0.05) is 6.92 Å². The Morgan fingerprint density at radius 3 is 2.60 bits per heavy atom. The van der Waals surface area contributed by atoms with Crippen molar-refractivity contribution in [3.63, 3.8) is 0 Å². The Hall–Kier alpha value is -2.88. The molecule has 0 bridgehead atoms. The van der Waals surface area contributed by atoms with Gasteiger partial charge in [-0.25, -0.2) is 4.79 Å². The van der Waals surface area contributed by atoms with Crippen LogP contribution in [0.15, 0.2) is 29.5 Å². The number of nitro groups is 1. The summed E-state index contributed by atoms with van der Waals surface area (Å²) in [5.74, 6) is -1.31. The summed E-state index contributed by atoms with van der Waals surface area (Å²) >= 11 is 0. The fourth-order valence-corrected chi connectivity index (χ4v) is 1.68. The van der Waals surface area contributed by atoms with Crippen LogP contribution in [0.2, 0.25) is 0 Å². The number of nitrogens with one attached hydrogen (secondary N) is 1. The van der Waals surface area contributed by atoms with Crippen molar-refractivity contribution in [1.82, 2.24) is 0 Å². The standard InChI is InChI=1S/C13H13N3O4/c1-3-11(10(7-14)13(17)18)15-9-4-5-12(16(19)20)8(2)6-9/h4-6,15H,3H2,1-2H3,(H,17,18). The second-order valence-corrected chi connectivity index (χ2v) is 4.01. The smallest absolute Gasteiger partial charge is 0.348 e. The maximum atomic E-state index is 10.9. The van der Waals surface area contributed by atoms with E-state index in [-0.39, 0.29) is 17.0 Å². The van der Waals surface area contributed by atoms with Gasteiger partial charge in [-0.2, -0.15) is 5.26 Å². The van der Waals surface area contributed by atoms with Crippen LogP contribution in [0.3, 0.4) is 0 Å². The number of hydrogen-bond acceptors (Lipinski definition) is 5. The molecular weight excluding hydrogens is 262 g/mol. The van der Waals surface area contributed by atoms with Gasteiger partial charge in [0, 0.05) is 23.0 Å². The molecule has 0 aliphatic heterocycles. The normalized spacial score (nSPS) is 11.2. The average Bonchev–Trinajstić information content (AvgIpc) is 2.37. The summed E-state index contributed by atoms with van der Waals surface area (Å²) in [5, 5.41) is 31.3. The van der Waals surface area contributed by atoms with Crippen molar-refractivity contribution in [3.05, 3.63) is 45.1 Å². The van der Waals surface area contributed by atoms with E-state index in [1.54, 1.807) is 19.9 Å². The van der Waals surface area contributed by atoms with Crippen molar-refractivity contribution in [2.75, 3.05) is 5.32 Å². The molecule has 7 heteroatoms. The van der Waals surface area contributed by atoms with Gasteiger partial charge in [0.15, 0.2) is 5.57 Å². The molecule has 0 saturated carbocycles. The predicted molar refractivity (Wildman–Crippen MR) is 72.0 cm³/mol. The maximum absolute atomic E-state index is 10.9. The number of carboxylic acid groups (broad SMARTS) is 1. The molecule has 0 atom stereocenters. The van der Waals surface area contributed by atoms with E-state index in [2.05, 4.69) is 5.32 Å². The summed E-state index contributed by atoms with van der Waals surface area (Å²) in [6.07, 6.45) is 0.325. The third-order valence-corrected chi connectivity index (χ3v) is 2.67. The first-order valence-corrected chi connectivity index (χ1v) is 5.79. The van der Waals surface area contributed by atoms with Gasteiger partial charge in [0.05, 0.1) is 4.92 Å². The Bertz CT molecular complexity index is 629. The van der Waals surface area contributed by atoms with Crippen LogP contribution in [0, 0.1) is 28.4 Å². The fraction of sp³-hybridized carbons (Fsp3) is 0.231. The largest absolute Gasteiger partial charge is 0.477 e. The molecule has 0 fully saturated rings. The number of benzene rings is 1.